The summed E-state index contributed by atoms with van der Waals surface area (Å²) in [5, 5.41) is 0. The third kappa shape index (κ3) is 3.75. The van der Waals surface area contributed by atoms with E-state index in [0.29, 0.717) is 0 Å². The van der Waals surface area contributed by atoms with Gasteiger partial charge in [-0.15, -0.1) is 0 Å². The van der Waals surface area contributed by atoms with Crippen molar-refractivity contribution in [3.63, 3.8) is 0 Å². The maximum absolute atomic E-state index is 12.6. The first-order chi connectivity index (χ1) is 9.57. The maximum atomic E-state index is 12.6. The average Bonchev–Trinajstić information content (AvgIpc) is 2.23. The van der Waals surface area contributed by atoms with Gasteiger partial charge in [-0.3, -0.25) is 0 Å². The first kappa shape index (κ1) is 18.4. The summed E-state index contributed by atoms with van der Waals surface area (Å²) in [6.07, 6.45) is -11.1. The fourth-order valence-corrected chi connectivity index (χ4v) is 1.72. The minimum absolute atomic E-state index is 0.0452. The third-order valence-electron chi connectivity index (χ3n) is 2.10. The molecule has 0 heterocycles. The van der Waals surface area contributed by atoms with E-state index in [1.165, 1.54) is 0 Å². The number of para-hydroxylation sites is 1. The molecule has 0 aliphatic carbocycles. The van der Waals surface area contributed by atoms with E-state index in [-0.39, 0.29) is 18.2 Å². The van der Waals surface area contributed by atoms with Crippen LogP contribution < -0.4 is 4.18 Å². The van der Waals surface area contributed by atoms with E-state index in [2.05, 4.69) is 4.18 Å². The van der Waals surface area contributed by atoms with Crippen molar-refractivity contribution in [2.75, 3.05) is 0 Å². The third-order valence-corrected chi connectivity index (χ3v) is 3.06. The van der Waals surface area contributed by atoms with E-state index in [1.54, 1.807) is 0 Å². The summed E-state index contributed by atoms with van der Waals surface area (Å²) in [7, 11) is -6.72. The predicted octanol–water partition coefficient (Wildman–Crippen LogP) is 3.95. The van der Waals surface area contributed by atoms with Crippen LogP contribution in [0, 0.1) is 0 Å². The van der Waals surface area contributed by atoms with Crippen molar-refractivity contribution in [1.29, 1.82) is 0 Å². The predicted molar refractivity (Wildman–Crippen MR) is 52.0 cm³/mol. The lowest BCUT2D eigenvalue weighted by Crippen LogP contribution is -2.30. The largest absolute Gasteiger partial charge is 0.534 e. The van der Waals surface area contributed by atoms with Crippen LogP contribution in [0.25, 0.3) is 0 Å². The van der Waals surface area contributed by atoms with Gasteiger partial charge in [-0.2, -0.15) is 47.9 Å². The molecule has 0 N–H and O–H groups in total. The van der Waals surface area contributed by atoms with E-state index >= 15 is 0 Å². The second kappa shape index (κ2) is 5.21. The van der Waals surface area contributed by atoms with Gasteiger partial charge in [0.1, 0.15) is 0 Å². The first-order valence-electron chi connectivity index (χ1n) is 4.85. The molecule has 0 aromatic heterocycles. The molecule has 3 nitrogen and oxygen atoms in total. The van der Waals surface area contributed by atoms with Gasteiger partial charge < -0.3 is 4.18 Å². The number of hydrogen-bond acceptors (Lipinski definition) is 3. The second-order valence-electron chi connectivity index (χ2n) is 3.66. The van der Waals surface area contributed by atoms with Gasteiger partial charge in [0.15, 0.2) is 5.75 Å². The molecule has 13 heteroatoms. The minimum Gasteiger partial charge on any atom is -0.375 e. The van der Waals surface area contributed by atoms with Gasteiger partial charge in [0, 0.05) is 0 Å². The van der Waals surface area contributed by atoms with Crippen molar-refractivity contribution >= 4 is 10.1 Å². The van der Waals surface area contributed by atoms with Crippen LogP contribution in [0.2, 0.25) is 0 Å². The fraction of sp³-hybridized carbons (Fsp3) is 0.333. The molecule has 0 fully saturated rings. The molecule has 0 bridgehead atoms. The molecule has 1 aromatic rings. The Labute approximate surface area is 116 Å². The van der Waals surface area contributed by atoms with E-state index in [9.17, 15) is 47.9 Å². The molecule has 0 saturated heterocycles. The van der Waals surface area contributed by atoms with Crippen molar-refractivity contribution in [3.8, 4) is 5.75 Å². The summed E-state index contributed by atoms with van der Waals surface area (Å²) in [4.78, 5) is 0. The monoisotopic (exact) mass is 362 g/mol. The highest BCUT2D eigenvalue weighted by molar-refractivity contribution is 7.88. The summed E-state index contributed by atoms with van der Waals surface area (Å²) >= 11 is 0. The van der Waals surface area contributed by atoms with E-state index in [0.717, 1.165) is 0 Å². The van der Waals surface area contributed by atoms with E-state index in [4.69, 9.17) is 0 Å². The zero-order valence-electron chi connectivity index (χ0n) is 9.77. The highest BCUT2D eigenvalue weighted by Gasteiger charge is 2.51. The van der Waals surface area contributed by atoms with E-state index in [1.807, 2.05) is 0 Å². The van der Waals surface area contributed by atoms with Crippen LogP contribution in [0.15, 0.2) is 18.2 Å². The van der Waals surface area contributed by atoms with Crippen molar-refractivity contribution < 1.29 is 52.1 Å². The zero-order chi connectivity index (χ0) is 17.6. The lowest BCUT2D eigenvalue weighted by Gasteiger charge is -2.19. The molecule has 1 rings (SSSR count). The Morgan fingerprint density at radius 1 is 0.773 bits per heavy atom. The summed E-state index contributed by atoms with van der Waals surface area (Å²) in [6.45, 7) is 0. The van der Waals surface area contributed by atoms with Gasteiger partial charge in [0.05, 0.1) is 11.1 Å². The quantitative estimate of drug-likeness (QED) is 0.455. The van der Waals surface area contributed by atoms with Crippen LogP contribution in [0.1, 0.15) is 11.1 Å². The molecule has 126 valence electrons. The van der Waals surface area contributed by atoms with Gasteiger partial charge in [0.25, 0.3) is 0 Å². The normalized spacial score (nSPS) is 14.0. The number of benzene rings is 1. The molecule has 0 aliphatic heterocycles. The second-order valence-corrected chi connectivity index (χ2v) is 5.20. The maximum Gasteiger partial charge on any atom is 0.534 e. The van der Waals surface area contributed by atoms with Crippen molar-refractivity contribution in [1.82, 2.24) is 0 Å². The molecule has 0 radical (unpaired) electrons. The number of hydrogen-bond donors (Lipinski definition) is 0. The van der Waals surface area contributed by atoms with Crippen LogP contribution in [-0.2, 0) is 22.5 Å². The zero-order valence-corrected chi connectivity index (χ0v) is 10.6. The Morgan fingerprint density at radius 3 is 1.41 bits per heavy atom. The Bertz CT molecular complexity index is 622. The molecule has 0 aliphatic rings. The van der Waals surface area contributed by atoms with Crippen LogP contribution in [0.3, 0.4) is 0 Å². The van der Waals surface area contributed by atoms with Gasteiger partial charge in [-0.05, 0) is 12.1 Å². The molecule has 0 amide bonds. The molecule has 1 aromatic carbocycles. The molecule has 22 heavy (non-hydrogen) atoms. The standard InChI is InChI=1S/C9H3F9O3S/c10-7(11,12)4-2-1-3-5(8(13,14)15)6(4)21-22(19,20)9(16,17)18/h1-3H. The minimum atomic E-state index is -6.72. The van der Waals surface area contributed by atoms with Gasteiger partial charge in [-0.25, -0.2) is 0 Å². The summed E-state index contributed by atoms with van der Waals surface area (Å²) in [5.74, 6) is -2.49. The summed E-state index contributed by atoms with van der Waals surface area (Å²) < 4.78 is 136. The molecule has 0 spiro atoms. The van der Waals surface area contributed by atoms with Crippen molar-refractivity contribution in [2.45, 2.75) is 17.9 Å². The van der Waals surface area contributed by atoms with Crippen LogP contribution in [-0.4, -0.2) is 13.9 Å². The molecule has 0 unspecified atom stereocenters. The lowest BCUT2D eigenvalue weighted by molar-refractivity contribution is -0.144. The van der Waals surface area contributed by atoms with E-state index < -0.39 is 44.9 Å². The average molecular weight is 362 g/mol. The highest BCUT2D eigenvalue weighted by Crippen LogP contribution is 2.45. The van der Waals surface area contributed by atoms with Crippen LogP contribution in [0.5, 0.6) is 5.75 Å². The number of halogens is 9. The van der Waals surface area contributed by atoms with Crippen LogP contribution in [0.4, 0.5) is 39.5 Å². The Balaban J connectivity index is 3.63. The SMILES string of the molecule is O=S(=O)(Oc1c(C(F)(F)F)cccc1C(F)(F)F)C(F)(F)F. The fourth-order valence-electron chi connectivity index (χ4n) is 1.23. The van der Waals surface area contributed by atoms with Gasteiger partial charge in [0.2, 0.25) is 0 Å². The topological polar surface area (TPSA) is 43.4 Å². The molecular weight excluding hydrogens is 359 g/mol. The number of alkyl halides is 9. The molecular formula is C9H3F9O3S. The summed E-state index contributed by atoms with van der Waals surface area (Å²) in [5.41, 5.74) is -10.8. The lowest BCUT2D eigenvalue weighted by atomic mass is 10.1. The van der Waals surface area contributed by atoms with Gasteiger partial charge in [-0.1, -0.05) is 6.07 Å². The molecule has 0 atom stereocenters. The van der Waals surface area contributed by atoms with Crippen molar-refractivity contribution in [3.05, 3.63) is 29.3 Å². The Morgan fingerprint density at radius 2 is 1.14 bits per heavy atom. The van der Waals surface area contributed by atoms with Gasteiger partial charge >= 0.3 is 28.0 Å². The smallest absolute Gasteiger partial charge is 0.375 e. The highest BCUT2D eigenvalue weighted by atomic mass is 32.2. The number of rotatable bonds is 2. The Hall–Kier alpha value is -1.66. The Kier molecular flexibility index (Phi) is 4.35. The summed E-state index contributed by atoms with van der Waals surface area (Å²) in [6, 6.07) is 0.158. The first-order valence-corrected chi connectivity index (χ1v) is 6.26. The molecule has 0 saturated carbocycles. The van der Waals surface area contributed by atoms with Crippen LogP contribution >= 0.6 is 0 Å². The van der Waals surface area contributed by atoms with Crippen molar-refractivity contribution in [2.24, 2.45) is 0 Å².